The van der Waals surface area contributed by atoms with Gasteiger partial charge in [-0.1, -0.05) is 0 Å². The summed E-state index contributed by atoms with van der Waals surface area (Å²) in [6, 6.07) is 0. The predicted molar refractivity (Wildman–Crippen MR) is 64.4 cm³/mol. The number of hydrogen-bond donors (Lipinski definition) is 0. The summed E-state index contributed by atoms with van der Waals surface area (Å²) in [5.74, 6) is 0. The normalized spacial score (nSPS) is 12.8. The summed E-state index contributed by atoms with van der Waals surface area (Å²) >= 11 is 0. The zero-order chi connectivity index (χ0) is 15.7. The van der Waals surface area contributed by atoms with Crippen LogP contribution in [0, 0.1) is 0 Å². The Morgan fingerprint density at radius 3 is 1.58 bits per heavy atom. The summed E-state index contributed by atoms with van der Waals surface area (Å²) in [4.78, 5) is 0. The molecule has 0 aromatic rings. The molecule has 0 radical (unpaired) electrons. The van der Waals surface area contributed by atoms with Gasteiger partial charge in [-0.05, 0) is 20.8 Å². The van der Waals surface area contributed by atoms with E-state index in [4.69, 9.17) is 17.7 Å². The number of alkyl halides is 3. The average molecular weight is 309 g/mol. The highest BCUT2D eigenvalue weighted by molar-refractivity contribution is 7.86. The molecule has 9 heteroatoms. The highest BCUT2D eigenvalue weighted by Gasteiger charge is 2.36. The predicted octanol–water partition coefficient (Wildman–Crippen LogP) is 1.56. The van der Waals surface area contributed by atoms with Crippen molar-refractivity contribution in [1.29, 1.82) is 0 Å². The first-order chi connectivity index (χ1) is 8.49. The monoisotopic (exact) mass is 309 g/mol. The molecule has 0 fully saturated rings. The number of halogens is 3. The molecule has 0 rings (SSSR count). The van der Waals surface area contributed by atoms with Crippen LogP contribution in [0.15, 0.2) is 0 Å². The fourth-order valence-corrected chi connectivity index (χ4v) is 1.43. The number of ether oxygens (including phenoxy) is 1. The van der Waals surface area contributed by atoms with E-state index in [1.54, 1.807) is 7.11 Å². The van der Waals surface area contributed by atoms with Gasteiger partial charge in [0.1, 0.15) is 6.54 Å². The van der Waals surface area contributed by atoms with Crippen molar-refractivity contribution in [1.82, 2.24) is 0 Å². The molecule has 0 atom stereocenters. The molecular weight excluding hydrogens is 287 g/mol. The van der Waals surface area contributed by atoms with Crippen LogP contribution < -0.4 is 0 Å². The Morgan fingerprint density at radius 1 is 1.11 bits per heavy atom. The molecule has 5 nitrogen and oxygen atoms in total. The molecule has 0 unspecified atom stereocenters. The van der Waals surface area contributed by atoms with Crippen molar-refractivity contribution < 1.29 is 35.4 Å². The summed E-state index contributed by atoms with van der Waals surface area (Å²) in [5, 5.41) is 0. The van der Waals surface area contributed by atoms with Crippen molar-refractivity contribution in [2.24, 2.45) is 0 Å². The van der Waals surface area contributed by atoms with Gasteiger partial charge in [-0.25, -0.2) is 8.42 Å². The Labute approximate surface area is 112 Å². The second-order valence-corrected chi connectivity index (χ2v) is 5.28. The standard InChI is InChI=1S/C9H22NO.CHF3O3S/c1-5-10(6-2,7-3)8-9-11-4;2-1(3,4)8(5,6)7/h5-9H2,1-4H3;(H,5,6,7)/q+1;/p-1. The SMILES string of the molecule is CC[N+](CC)(CC)CCOC.O=S(=O)([O-])C(F)(F)F. The van der Waals surface area contributed by atoms with Gasteiger partial charge in [-0.15, -0.1) is 0 Å². The maximum Gasteiger partial charge on any atom is 0.485 e. The van der Waals surface area contributed by atoms with Gasteiger partial charge in [-0.2, -0.15) is 13.2 Å². The van der Waals surface area contributed by atoms with Crippen LogP contribution in [-0.4, -0.2) is 62.9 Å². The third kappa shape index (κ3) is 8.40. The Bertz CT molecular complexity index is 318. The van der Waals surface area contributed by atoms with Crippen LogP contribution in [0.1, 0.15) is 20.8 Å². The number of quaternary nitrogens is 1. The first kappa shape index (κ1) is 20.9. The molecule has 0 aliphatic carbocycles. The Balaban J connectivity index is 0. The molecule has 0 aromatic heterocycles. The van der Waals surface area contributed by atoms with Gasteiger partial charge in [0.25, 0.3) is 0 Å². The third-order valence-corrected chi connectivity index (χ3v) is 3.63. The highest BCUT2D eigenvalue weighted by Crippen LogP contribution is 2.20. The number of rotatable bonds is 6. The smallest absolute Gasteiger partial charge is 0.485 e. The van der Waals surface area contributed by atoms with E-state index in [1.807, 2.05) is 0 Å². The topological polar surface area (TPSA) is 66.4 Å². The van der Waals surface area contributed by atoms with E-state index in [9.17, 15) is 13.2 Å². The van der Waals surface area contributed by atoms with Gasteiger partial charge < -0.3 is 13.8 Å². The molecule has 0 saturated carbocycles. The van der Waals surface area contributed by atoms with Crippen LogP contribution in [0.5, 0.6) is 0 Å². The van der Waals surface area contributed by atoms with Crippen molar-refractivity contribution in [3.05, 3.63) is 0 Å². The Kier molecular flexibility index (Phi) is 9.61. The van der Waals surface area contributed by atoms with Gasteiger partial charge >= 0.3 is 5.51 Å². The molecule has 0 N–H and O–H groups in total. The molecule has 19 heavy (non-hydrogen) atoms. The van der Waals surface area contributed by atoms with Crippen LogP contribution >= 0.6 is 0 Å². The van der Waals surface area contributed by atoms with Crippen LogP contribution in [-0.2, 0) is 14.9 Å². The first-order valence-corrected chi connectivity index (χ1v) is 7.26. The number of nitrogens with zero attached hydrogens (tertiary/aromatic N) is 1. The van der Waals surface area contributed by atoms with Crippen molar-refractivity contribution in [3.8, 4) is 0 Å². The molecule has 0 amide bonds. The largest absolute Gasteiger partial charge is 0.741 e. The van der Waals surface area contributed by atoms with E-state index in [2.05, 4.69) is 20.8 Å². The lowest BCUT2D eigenvalue weighted by Gasteiger charge is -2.35. The van der Waals surface area contributed by atoms with Crippen LogP contribution in [0.4, 0.5) is 13.2 Å². The lowest BCUT2D eigenvalue weighted by molar-refractivity contribution is -0.923. The minimum atomic E-state index is -6.09. The molecule has 0 aromatic carbocycles. The quantitative estimate of drug-likeness (QED) is 0.424. The van der Waals surface area contributed by atoms with E-state index in [-0.39, 0.29) is 0 Å². The second-order valence-electron chi connectivity index (χ2n) is 3.91. The number of likely N-dealkylation sites (N-methyl/N-ethyl adjacent to an activating group) is 1. The highest BCUT2D eigenvalue weighted by atomic mass is 32.2. The third-order valence-electron chi connectivity index (χ3n) is 3.07. The van der Waals surface area contributed by atoms with Gasteiger partial charge in [0, 0.05) is 7.11 Å². The minimum absolute atomic E-state index is 0.884. The van der Waals surface area contributed by atoms with E-state index >= 15 is 0 Å². The van der Waals surface area contributed by atoms with E-state index in [1.165, 1.54) is 24.1 Å². The minimum Gasteiger partial charge on any atom is -0.741 e. The fourth-order valence-electron chi connectivity index (χ4n) is 1.43. The summed E-state index contributed by atoms with van der Waals surface area (Å²) in [6.07, 6.45) is 0. The lowest BCUT2D eigenvalue weighted by atomic mass is 10.3. The maximum absolute atomic E-state index is 10.7. The summed E-state index contributed by atoms with van der Waals surface area (Å²) in [7, 11) is -4.32. The van der Waals surface area contributed by atoms with Crippen LogP contribution in [0.2, 0.25) is 0 Å². The number of hydrogen-bond acceptors (Lipinski definition) is 4. The lowest BCUT2D eigenvalue weighted by Crippen LogP contribution is -2.49. The summed E-state index contributed by atoms with van der Waals surface area (Å²) in [6.45, 7) is 12.5. The van der Waals surface area contributed by atoms with Gasteiger partial charge in [-0.3, -0.25) is 0 Å². The Morgan fingerprint density at radius 2 is 1.42 bits per heavy atom. The average Bonchev–Trinajstić information content (AvgIpc) is 2.30. The molecule has 0 heterocycles. The van der Waals surface area contributed by atoms with E-state index in [0.717, 1.165) is 13.2 Å². The second kappa shape index (κ2) is 8.72. The zero-order valence-electron chi connectivity index (χ0n) is 11.7. The molecule has 118 valence electrons. The van der Waals surface area contributed by atoms with Crippen molar-refractivity contribution in [2.45, 2.75) is 26.3 Å². The molecule has 0 spiro atoms. The van der Waals surface area contributed by atoms with Crippen molar-refractivity contribution >= 4 is 10.1 Å². The fraction of sp³-hybridized carbons (Fsp3) is 1.00. The van der Waals surface area contributed by atoms with Gasteiger partial charge in [0.2, 0.25) is 0 Å². The van der Waals surface area contributed by atoms with Gasteiger partial charge in [0.05, 0.1) is 26.2 Å². The maximum atomic E-state index is 10.7. The summed E-state index contributed by atoms with van der Waals surface area (Å²) < 4.78 is 65.2. The molecule has 0 aliphatic heterocycles. The molecule has 0 aliphatic rings. The zero-order valence-corrected chi connectivity index (χ0v) is 12.5. The number of methoxy groups -OCH3 is 1. The molecule has 0 saturated heterocycles. The van der Waals surface area contributed by atoms with E-state index in [0.29, 0.717) is 0 Å². The summed E-state index contributed by atoms with van der Waals surface area (Å²) in [5.41, 5.74) is -5.65. The van der Waals surface area contributed by atoms with Crippen LogP contribution in [0.25, 0.3) is 0 Å². The molecular formula is C10H22F3NO4S. The van der Waals surface area contributed by atoms with Crippen molar-refractivity contribution in [3.63, 3.8) is 0 Å². The van der Waals surface area contributed by atoms with Crippen LogP contribution in [0.3, 0.4) is 0 Å². The van der Waals surface area contributed by atoms with Gasteiger partial charge in [0.15, 0.2) is 10.1 Å². The first-order valence-electron chi connectivity index (χ1n) is 5.85. The van der Waals surface area contributed by atoms with E-state index < -0.39 is 15.6 Å². The molecule has 0 bridgehead atoms. The van der Waals surface area contributed by atoms with Crippen molar-refractivity contribution in [2.75, 3.05) is 39.9 Å². The Hall–Kier alpha value is -0.380.